The van der Waals surface area contributed by atoms with Gasteiger partial charge in [0.25, 0.3) is 5.56 Å². The molecule has 1 atom stereocenters. The molecule has 0 bridgehead atoms. The summed E-state index contributed by atoms with van der Waals surface area (Å²) in [5.41, 5.74) is 7.35. The predicted molar refractivity (Wildman–Crippen MR) is 178 cm³/mol. The third-order valence-electron chi connectivity index (χ3n) is 7.93. The Bertz CT molecular complexity index is 2080. The van der Waals surface area contributed by atoms with Gasteiger partial charge in [-0.1, -0.05) is 89.1 Å². The van der Waals surface area contributed by atoms with Crippen molar-refractivity contribution < 1.29 is 9.47 Å². The maximum absolute atomic E-state index is 14.1. The number of allylic oxidation sites excluding steroid dienone is 1. The van der Waals surface area contributed by atoms with Crippen LogP contribution in [0.1, 0.15) is 47.2 Å². The zero-order valence-electron chi connectivity index (χ0n) is 23.9. The first-order valence-corrected chi connectivity index (χ1v) is 16.1. The minimum atomic E-state index is -0.253. The minimum Gasteiger partial charge on any atom is -0.490 e. The van der Waals surface area contributed by atoms with Gasteiger partial charge < -0.3 is 9.47 Å². The number of ether oxygens (including phenoxy) is 2. The number of rotatable bonds is 7. The van der Waals surface area contributed by atoms with E-state index in [-0.39, 0.29) is 11.6 Å². The molecule has 4 aromatic carbocycles. The maximum atomic E-state index is 14.1. The molecule has 0 fully saturated rings. The van der Waals surface area contributed by atoms with E-state index in [4.69, 9.17) is 37.7 Å². The van der Waals surface area contributed by atoms with Crippen LogP contribution in [0.25, 0.3) is 11.8 Å². The van der Waals surface area contributed by atoms with Crippen LogP contribution in [-0.4, -0.2) is 11.2 Å². The fourth-order valence-electron chi connectivity index (χ4n) is 5.86. The lowest BCUT2D eigenvalue weighted by Gasteiger charge is -2.30. The van der Waals surface area contributed by atoms with Crippen molar-refractivity contribution in [3.05, 3.63) is 154 Å². The molecule has 5 aromatic rings. The van der Waals surface area contributed by atoms with Gasteiger partial charge in [-0.25, -0.2) is 4.99 Å². The first-order valence-electron chi connectivity index (χ1n) is 14.5. The standard InChI is InChI=1S/C36H28Cl2N2O3S/c1-2-42-31-19-23(9-18-30(31)43-21-22-7-13-26(37)14-8-22)20-32-35(41)40-34(25-10-15-27(38)16-11-25)29-17-12-24-5-3-4-6-28(24)33(29)39-36(40)44-32/h3-11,13-16,18-20,34H,2,12,17,21H2,1H3/t34-/m0/s1. The highest BCUT2D eigenvalue weighted by molar-refractivity contribution is 7.07. The molecule has 0 unspecified atom stereocenters. The Labute approximate surface area is 269 Å². The summed E-state index contributed by atoms with van der Waals surface area (Å²) in [7, 11) is 0. The molecule has 8 heteroatoms. The van der Waals surface area contributed by atoms with Gasteiger partial charge in [-0.05, 0) is 90.1 Å². The van der Waals surface area contributed by atoms with E-state index in [2.05, 4.69) is 24.3 Å². The highest BCUT2D eigenvalue weighted by atomic mass is 35.5. The summed E-state index contributed by atoms with van der Waals surface area (Å²) in [5.74, 6) is 1.25. The Balaban J connectivity index is 1.30. The number of fused-ring (bicyclic) bond motifs is 3. The average molecular weight is 640 g/mol. The van der Waals surface area contributed by atoms with Crippen LogP contribution in [0.4, 0.5) is 0 Å². The summed E-state index contributed by atoms with van der Waals surface area (Å²) in [6.45, 7) is 2.80. The van der Waals surface area contributed by atoms with Crippen molar-refractivity contribution in [1.82, 2.24) is 4.57 Å². The Morgan fingerprint density at radius 1 is 0.909 bits per heavy atom. The monoisotopic (exact) mass is 638 g/mol. The summed E-state index contributed by atoms with van der Waals surface area (Å²) in [5, 5.41) is 1.35. The van der Waals surface area contributed by atoms with Crippen LogP contribution in [-0.2, 0) is 13.0 Å². The molecule has 220 valence electrons. The number of hydrogen-bond donors (Lipinski definition) is 0. The molecule has 0 N–H and O–H groups in total. The molecule has 0 radical (unpaired) electrons. The SMILES string of the molecule is CCOc1cc(C=c2sc3n(c2=O)[C@@H](c2ccc(Cl)cc2)C2=C(N=3)c3ccccc3CC2)ccc1OCc1ccc(Cl)cc1. The minimum absolute atomic E-state index is 0.0693. The molecule has 0 saturated carbocycles. The largest absolute Gasteiger partial charge is 0.490 e. The summed E-state index contributed by atoms with van der Waals surface area (Å²) >= 11 is 13.7. The molecule has 2 heterocycles. The fraction of sp³-hybridized carbons (Fsp3) is 0.167. The van der Waals surface area contributed by atoms with Gasteiger partial charge in [0.15, 0.2) is 16.3 Å². The van der Waals surface area contributed by atoms with Crippen molar-refractivity contribution >= 4 is 46.3 Å². The molecule has 2 aliphatic rings. The number of thiazole rings is 1. The van der Waals surface area contributed by atoms with Crippen molar-refractivity contribution in [2.24, 2.45) is 4.99 Å². The van der Waals surface area contributed by atoms with Crippen LogP contribution in [0.3, 0.4) is 0 Å². The summed E-state index contributed by atoms with van der Waals surface area (Å²) in [6.07, 6.45) is 3.65. The Morgan fingerprint density at radius 3 is 2.43 bits per heavy atom. The highest BCUT2D eigenvalue weighted by Gasteiger charge is 2.32. The maximum Gasteiger partial charge on any atom is 0.271 e. The lowest BCUT2D eigenvalue weighted by molar-refractivity contribution is 0.269. The second-order valence-electron chi connectivity index (χ2n) is 10.7. The Kier molecular flexibility index (Phi) is 7.89. The van der Waals surface area contributed by atoms with Crippen molar-refractivity contribution in [3.63, 3.8) is 0 Å². The summed E-state index contributed by atoms with van der Waals surface area (Å²) in [6, 6.07) is 29.3. The van der Waals surface area contributed by atoms with Crippen LogP contribution in [0.15, 0.2) is 106 Å². The lowest BCUT2D eigenvalue weighted by atomic mass is 9.83. The van der Waals surface area contributed by atoms with E-state index in [9.17, 15) is 4.79 Å². The molecular formula is C36H28Cl2N2O3S. The average Bonchev–Trinajstić information content (AvgIpc) is 3.35. The highest BCUT2D eigenvalue weighted by Crippen LogP contribution is 2.41. The van der Waals surface area contributed by atoms with Crippen LogP contribution < -0.4 is 24.4 Å². The zero-order chi connectivity index (χ0) is 30.2. The van der Waals surface area contributed by atoms with E-state index >= 15 is 0 Å². The molecule has 1 aromatic heterocycles. The first kappa shape index (κ1) is 28.7. The van der Waals surface area contributed by atoms with E-state index in [0.29, 0.717) is 44.1 Å². The molecule has 0 amide bonds. The van der Waals surface area contributed by atoms with E-state index in [1.165, 1.54) is 16.9 Å². The summed E-state index contributed by atoms with van der Waals surface area (Å²) in [4.78, 5) is 19.9. The molecule has 1 aliphatic heterocycles. The second kappa shape index (κ2) is 12.1. The third kappa shape index (κ3) is 5.50. The number of aryl methyl sites for hydroxylation is 1. The van der Waals surface area contributed by atoms with Gasteiger partial charge in [0.05, 0.1) is 22.9 Å². The van der Waals surface area contributed by atoms with Crippen molar-refractivity contribution in [2.75, 3.05) is 6.61 Å². The topological polar surface area (TPSA) is 52.8 Å². The number of benzene rings is 4. The van der Waals surface area contributed by atoms with Crippen LogP contribution in [0.2, 0.25) is 10.0 Å². The van der Waals surface area contributed by atoms with Crippen molar-refractivity contribution in [2.45, 2.75) is 32.4 Å². The smallest absolute Gasteiger partial charge is 0.271 e. The zero-order valence-corrected chi connectivity index (χ0v) is 26.3. The van der Waals surface area contributed by atoms with Gasteiger partial charge >= 0.3 is 0 Å². The van der Waals surface area contributed by atoms with Gasteiger partial charge in [-0.15, -0.1) is 0 Å². The van der Waals surface area contributed by atoms with Crippen LogP contribution in [0.5, 0.6) is 11.5 Å². The van der Waals surface area contributed by atoms with Crippen LogP contribution >= 0.6 is 34.5 Å². The molecule has 0 saturated heterocycles. The van der Waals surface area contributed by atoms with Crippen molar-refractivity contribution in [1.29, 1.82) is 0 Å². The molecule has 7 rings (SSSR count). The molecule has 44 heavy (non-hydrogen) atoms. The normalized spacial score (nSPS) is 15.7. The fourth-order valence-corrected chi connectivity index (χ4v) is 7.12. The van der Waals surface area contributed by atoms with Crippen LogP contribution in [0, 0.1) is 0 Å². The van der Waals surface area contributed by atoms with Gasteiger partial charge in [0.2, 0.25) is 0 Å². The van der Waals surface area contributed by atoms with E-state index in [1.54, 1.807) is 0 Å². The second-order valence-corrected chi connectivity index (χ2v) is 12.6. The predicted octanol–water partition coefficient (Wildman–Crippen LogP) is 7.60. The quantitative estimate of drug-likeness (QED) is 0.184. The molecular weight excluding hydrogens is 611 g/mol. The molecule has 5 nitrogen and oxygen atoms in total. The third-order valence-corrected chi connectivity index (χ3v) is 9.42. The molecule has 1 aliphatic carbocycles. The van der Waals surface area contributed by atoms with Gasteiger partial charge in [-0.3, -0.25) is 9.36 Å². The first-order chi connectivity index (χ1) is 21.5. The van der Waals surface area contributed by atoms with E-state index in [1.807, 2.05) is 84.3 Å². The summed E-state index contributed by atoms with van der Waals surface area (Å²) < 4.78 is 14.5. The number of hydrogen-bond acceptors (Lipinski definition) is 5. The van der Waals surface area contributed by atoms with E-state index in [0.717, 1.165) is 46.4 Å². The van der Waals surface area contributed by atoms with Gasteiger partial charge in [-0.2, -0.15) is 0 Å². The lowest BCUT2D eigenvalue weighted by Crippen LogP contribution is -2.38. The number of nitrogens with zero attached hydrogens (tertiary/aromatic N) is 2. The van der Waals surface area contributed by atoms with Gasteiger partial charge in [0.1, 0.15) is 6.61 Å². The Hall–Kier alpha value is -4.10. The molecule has 0 spiro atoms. The van der Waals surface area contributed by atoms with Gasteiger partial charge in [0, 0.05) is 15.6 Å². The van der Waals surface area contributed by atoms with Crippen molar-refractivity contribution in [3.8, 4) is 11.5 Å². The number of halogens is 2. The Morgan fingerprint density at radius 2 is 1.66 bits per heavy atom. The number of aromatic nitrogens is 1. The van der Waals surface area contributed by atoms with E-state index < -0.39 is 0 Å².